The molecule has 21 heavy (non-hydrogen) atoms. The molecule has 2 aromatic carbocycles. The number of ether oxygens (including phenoxy) is 1. The topological polar surface area (TPSA) is 21.3 Å². The van der Waals surface area contributed by atoms with Crippen molar-refractivity contribution in [3.05, 3.63) is 64.4 Å². The van der Waals surface area contributed by atoms with E-state index in [4.69, 9.17) is 16.3 Å². The molecule has 0 radical (unpaired) electrons. The minimum Gasteiger partial charge on any atom is -0.496 e. The molecule has 0 amide bonds. The fraction of sp³-hybridized carbons (Fsp3) is 0.294. The van der Waals surface area contributed by atoms with Gasteiger partial charge in [0.25, 0.3) is 0 Å². The number of hydrogen-bond acceptors (Lipinski definition) is 2. The van der Waals surface area contributed by atoms with E-state index < -0.39 is 0 Å². The molecule has 2 rings (SSSR count). The molecule has 0 aliphatic heterocycles. The van der Waals surface area contributed by atoms with Gasteiger partial charge in [-0.25, -0.2) is 4.39 Å². The van der Waals surface area contributed by atoms with Crippen LogP contribution in [0.1, 0.15) is 24.1 Å². The number of benzene rings is 2. The first kappa shape index (κ1) is 15.8. The normalized spacial score (nSPS) is 12.2. The predicted octanol–water partition coefficient (Wildman–Crippen LogP) is 4.38. The van der Waals surface area contributed by atoms with Gasteiger partial charge in [-0.3, -0.25) is 0 Å². The molecule has 4 heteroatoms. The molecule has 0 spiro atoms. The second kappa shape index (κ2) is 7.43. The molecule has 0 heterocycles. The smallest absolute Gasteiger partial charge is 0.126 e. The summed E-state index contributed by atoms with van der Waals surface area (Å²) in [5, 5.41) is 3.92. The van der Waals surface area contributed by atoms with Crippen molar-refractivity contribution in [1.29, 1.82) is 0 Å². The molecule has 1 N–H and O–H groups in total. The lowest BCUT2D eigenvalue weighted by Gasteiger charge is -2.21. The molecular weight excluding hydrogens is 289 g/mol. The highest BCUT2D eigenvalue weighted by molar-refractivity contribution is 6.30. The van der Waals surface area contributed by atoms with Crippen LogP contribution in [0.5, 0.6) is 5.75 Å². The maximum absolute atomic E-state index is 14.0. The fourth-order valence-corrected chi connectivity index (χ4v) is 2.61. The molecular formula is C17H19ClFNO. The Morgan fingerprint density at radius 3 is 2.71 bits per heavy atom. The van der Waals surface area contributed by atoms with E-state index >= 15 is 0 Å². The summed E-state index contributed by atoms with van der Waals surface area (Å²) < 4.78 is 19.4. The largest absolute Gasteiger partial charge is 0.496 e. The lowest BCUT2D eigenvalue weighted by molar-refractivity contribution is 0.398. The fourth-order valence-electron chi connectivity index (χ4n) is 2.41. The van der Waals surface area contributed by atoms with Crippen molar-refractivity contribution >= 4 is 11.6 Å². The molecule has 1 atom stereocenters. The Balaban J connectivity index is 2.33. The minimum atomic E-state index is -0.239. The van der Waals surface area contributed by atoms with Crippen LogP contribution >= 0.6 is 11.6 Å². The Morgan fingerprint density at radius 2 is 2.00 bits per heavy atom. The lowest BCUT2D eigenvalue weighted by atomic mass is 9.97. The van der Waals surface area contributed by atoms with E-state index in [9.17, 15) is 4.39 Å². The zero-order valence-electron chi connectivity index (χ0n) is 12.2. The van der Waals surface area contributed by atoms with Crippen molar-refractivity contribution in [2.24, 2.45) is 0 Å². The molecule has 0 saturated carbocycles. The number of likely N-dealkylation sites (N-methyl/N-ethyl adjacent to an activating group) is 1. The molecule has 0 aromatic heterocycles. The summed E-state index contributed by atoms with van der Waals surface area (Å²) in [7, 11) is 1.64. The second-order valence-electron chi connectivity index (χ2n) is 4.79. The van der Waals surface area contributed by atoms with E-state index in [2.05, 4.69) is 5.32 Å². The average molecular weight is 308 g/mol. The number of halogens is 2. The predicted molar refractivity (Wildman–Crippen MR) is 84.5 cm³/mol. The maximum Gasteiger partial charge on any atom is 0.126 e. The van der Waals surface area contributed by atoms with E-state index in [1.54, 1.807) is 19.2 Å². The van der Waals surface area contributed by atoms with Crippen molar-refractivity contribution in [2.75, 3.05) is 13.7 Å². The Bertz CT molecular complexity index is 603. The molecule has 0 fully saturated rings. The Labute approximate surface area is 129 Å². The maximum atomic E-state index is 14.0. The third-order valence-corrected chi connectivity index (χ3v) is 3.63. The first-order valence-corrected chi connectivity index (χ1v) is 7.33. The summed E-state index contributed by atoms with van der Waals surface area (Å²) in [6, 6.07) is 12.4. The summed E-state index contributed by atoms with van der Waals surface area (Å²) in [5.41, 5.74) is 1.61. The first-order chi connectivity index (χ1) is 10.2. The van der Waals surface area contributed by atoms with Gasteiger partial charge in [0.15, 0.2) is 0 Å². The molecule has 2 nitrogen and oxygen atoms in total. The number of rotatable bonds is 6. The Morgan fingerprint density at radius 1 is 1.24 bits per heavy atom. The van der Waals surface area contributed by atoms with Crippen LogP contribution in [0.4, 0.5) is 4.39 Å². The van der Waals surface area contributed by atoms with E-state index in [1.807, 2.05) is 31.2 Å². The highest BCUT2D eigenvalue weighted by Crippen LogP contribution is 2.28. The van der Waals surface area contributed by atoms with E-state index in [0.717, 1.165) is 17.9 Å². The van der Waals surface area contributed by atoms with E-state index in [-0.39, 0.29) is 11.9 Å². The van der Waals surface area contributed by atoms with Crippen LogP contribution in [-0.4, -0.2) is 13.7 Å². The van der Waals surface area contributed by atoms with Gasteiger partial charge in [0.2, 0.25) is 0 Å². The van der Waals surface area contributed by atoms with Crippen LogP contribution in [0.15, 0.2) is 42.5 Å². The van der Waals surface area contributed by atoms with Crippen molar-refractivity contribution < 1.29 is 9.13 Å². The van der Waals surface area contributed by atoms with E-state index in [1.165, 1.54) is 6.07 Å². The van der Waals surface area contributed by atoms with Gasteiger partial charge in [-0.15, -0.1) is 0 Å². The number of para-hydroxylation sites is 1. The van der Waals surface area contributed by atoms with Gasteiger partial charge < -0.3 is 10.1 Å². The third kappa shape index (κ3) is 3.96. The van der Waals surface area contributed by atoms with Gasteiger partial charge in [0.1, 0.15) is 11.6 Å². The number of methoxy groups -OCH3 is 1. The summed E-state index contributed by atoms with van der Waals surface area (Å²) >= 11 is 5.97. The van der Waals surface area contributed by atoms with Crippen LogP contribution in [0.2, 0.25) is 5.02 Å². The highest BCUT2D eigenvalue weighted by Gasteiger charge is 2.17. The van der Waals surface area contributed by atoms with Gasteiger partial charge in [-0.2, -0.15) is 0 Å². The average Bonchev–Trinajstić information content (AvgIpc) is 2.50. The number of nitrogens with one attached hydrogen (secondary N) is 1. The molecule has 112 valence electrons. The van der Waals surface area contributed by atoms with Gasteiger partial charge >= 0.3 is 0 Å². The second-order valence-corrected chi connectivity index (χ2v) is 5.23. The molecule has 0 aliphatic carbocycles. The zero-order chi connectivity index (χ0) is 15.2. The highest BCUT2D eigenvalue weighted by atomic mass is 35.5. The standard InChI is InChI=1S/C17H19ClFNO/c1-3-20-16(14-6-4-5-7-17(14)21-2)11-12-10-13(18)8-9-15(12)19/h4-10,16,20H,3,11H2,1-2H3. The summed E-state index contributed by atoms with van der Waals surface area (Å²) in [6.45, 7) is 2.81. The quantitative estimate of drug-likeness (QED) is 0.855. The van der Waals surface area contributed by atoms with E-state index in [0.29, 0.717) is 17.0 Å². The molecule has 0 bridgehead atoms. The number of hydrogen-bond donors (Lipinski definition) is 1. The van der Waals surface area contributed by atoms with Crippen LogP contribution in [0.3, 0.4) is 0 Å². The zero-order valence-corrected chi connectivity index (χ0v) is 13.0. The van der Waals surface area contributed by atoms with Gasteiger partial charge in [-0.05, 0) is 42.8 Å². The van der Waals surface area contributed by atoms with Gasteiger partial charge in [0.05, 0.1) is 7.11 Å². The van der Waals surface area contributed by atoms with Crippen molar-refractivity contribution in [3.63, 3.8) is 0 Å². The first-order valence-electron chi connectivity index (χ1n) is 6.96. The van der Waals surface area contributed by atoms with Crippen LogP contribution in [0, 0.1) is 5.82 Å². The van der Waals surface area contributed by atoms with Crippen molar-refractivity contribution in [3.8, 4) is 5.75 Å². The monoisotopic (exact) mass is 307 g/mol. The van der Waals surface area contributed by atoms with Crippen molar-refractivity contribution in [1.82, 2.24) is 5.32 Å². The SMILES string of the molecule is CCNC(Cc1cc(Cl)ccc1F)c1ccccc1OC. The van der Waals surface area contributed by atoms with Crippen LogP contribution < -0.4 is 10.1 Å². The van der Waals surface area contributed by atoms with Crippen molar-refractivity contribution in [2.45, 2.75) is 19.4 Å². The summed E-state index contributed by atoms with van der Waals surface area (Å²) in [6.07, 6.45) is 0.514. The molecule has 0 saturated heterocycles. The Kier molecular flexibility index (Phi) is 5.59. The van der Waals surface area contributed by atoms with Gasteiger partial charge in [0, 0.05) is 16.6 Å². The van der Waals surface area contributed by atoms with Crippen LogP contribution in [0.25, 0.3) is 0 Å². The Hall–Kier alpha value is -1.58. The summed E-state index contributed by atoms with van der Waals surface area (Å²) in [5.74, 6) is 0.558. The molecule has 2 aromatic rings. The minimum absolute atomic E-state index is 0.0286. The lowest BCUT2D eigenvalue weighted by Crippen LogP contribution is -2.23. The van der Waals surface area contributed by atoms with Gasteiger partial charge in [-0.1, -0.05) is 36.7 Å². The summed E-state index contributed by atoms with van der Waals surface area (Å²) in [4.78, 5) is 0. The molecule has 1 unspecified atom stereocenters. The molecule has 0 aliphatic rings. The van der Waals surface area contributed by atoms with Crippen LogP contribution in [-0.2, 0) is 6.42 Å². The third-order valence-electron chi connectivity index (χ3n) is 3.40.